The van der Waals surface area contributed by atoms with Crippen LogP contribution in [-0.2, 0) is 37.8 Å². The molecule has 36 heteroatoms. The number of alkyl halides is 9. The summed E-state index contributed by atoms with van der Waals surface area (Å²) in [6.45, 7) is 20.1. The summed E-state index contributed by atoms with van der Waals surface area (Å²) >= 11 is 3.06. The molecule has 1 aliphatic rings. The van der Waals surface area contributed by atoms with Gasteiger partial charge in [-0.3, -0.25) is 24.9 Å². The van der Waals surface area contributed by atoms with Crippen molar-refractivity contribution in [3.05, 3.63) is 317 Å². The van der Waals surface area contributed by atoms with Crippen molar-refractivity contribution >= 4 is 26.8 Å². The minimum atomic E-state index is -4.95. The molecule has 0 bridgehead atoms. The van der Waals surface area contributed by atoms with Gasteiger partial charge in [-0.05, 0) is 227 Å². The molecule has 704 valence electrons. The van der Waals surface area contributed by atoms with Gasteiger partial charge in [-0.15, -0.1) is 0 Å². The summed E-state index contributed by atoms with van der Waals surface area (Å²) in [5.41, 5.74) is 8.83. The van der Waals surface area contributed by atoms with Crippen molar-refractivity contribution in [2.24, 2.45) is 17.8 Å². The van der Waals surface area contributed by atoms with Crippen LogP contribution in [0.2, 0.25) is 0 Å². The lowest BCUT2D eigenvalue weighted by Gasteiger charge is -2.12. The van der Waals surface area contributed by atoms with Gasteiger partial charge in [0.1, 0.15) is 0 Å². The first-order valence-corrected chi connectivity index (χ1v) is 44.6. The Morgan fingerprint density at radius 2 is 0.810 bits per heavy atom. The second-order valence-electron chi connectivity index (χ2n) is 32.6. The molecule has 1 aliphatic carbocycles. The van der Waals surface area contributed by atoms with Crippen LogP contribution in [-0.4, -0.2) is 104 Å². The fourth-order valence-electron chi connectivity index (χ4n) is 14.6. The SMILES string of the molecule is CC(C)Cc1ccc(C(C)c2nc(-c3ccncc3)no2)cc1.CCOc1ccc(-c2nc(-c3cccc4[nH]ccc34)no2)cc1OCC.Cc1cnccc1-c1noc(C(C)c2ccc(CC(C)C)cc2)n1.FC(F)(F)c1cc(-c2nc(-c3ccncc3)no2)cc(C(F)(F)F)c1.FC(F)(F)c1cc(Br)cc(-c2nc(-c3ccncc3)no2)c1.c1cc(-c2noc(CC3CCCC3)n2)ccn1. The Kier molecular flexibility index (Phi) is 32.4. The number of rotatable bonds is 23. The molecule has 2 unspecified atom stereocenters. The van der Waals surface area contributed by atoms with Gasteiger partial charge < -0.3 is 41.6 Å². The molecule has 19 rings (SSSR count). The molecule has 1 N–H and O–H groups in total. The number of ether oxygens (including phenoxy) is 2. The summed E-state index contributed by atoms with van der Waals surface area (Å²) in [5, 5.41) is 24.8. The molecule has 0 amide bonds. The van der Waals surface area contributed by atoms with Crippen molar-refractivity contribution in [2.45, 2.75) is 138 Å². The number of halogens is 10. The van der Waals surface area contributed by atoms with Crippen molar-refractivity contribution in [1.29, 1.82) is 0 Å². The van der Waals surface area contributed by atoms with Crippen molar-refractivity contribution < 1.29 is 76.1 Å². The van der Waals surface area contributed by atoms with Gasteiger partial charge >= 0.3 is 18.5 Å². The average molecular weight is 1940 g/mol. The molecular weight excluding hydrogens is 1840 g/mol. The topological polar surface area (TPSA) is 332 Å². The average Bonchev–Trinajstić information content (AvgIpc) is 1.29. The molecule has 18 aromatic rings. The molecular formula is C101H92BrF9N18O8. The Balaban J connectivity index is 0.000000132. The summed E-state index contributed by atoms with van der Waals surface area (Å²) in [7, 11) is 0. The third-order valence-electron chi connectivity index (χ3n) is 21.5. The van der Waals surface area contributed by atoms with E-state index in [-0.39, 0.29) is 45.5 Å². The Morgan fingerprint density at radius 3 is 1.30 bits per heavy atom. The van der Waals surface area contributed by atoms with E-state index in [1.807, 2.05) is 106 Å². The highest BCUT2D eigenvalue weighted by atomic mass is 79.9. The lowest BCUT2D eigenvalue weighted by molar-refractivity contribution is -0.143. The van der Waals surface area contributed by atoms with Gasteiger partial charge in [0.15, 0.2) is 11.5 Å². The highest BCUT2D eigenvalue weighted by molar-refractivity contribution is 9.10. The standard InChI is InChI=1S/C20H19N3O3.C20H23N3O.C19H21N3O.C15H7F6N3O.C14H7BrF3N3O.C13H15N3O/c1-3-24-17-9-8-13(12-18(17)25-4-2)20-22-19(23-26-20)15-6-5-7-16-14(15)10-11-21-16;1-13(2)11-16-5-7-17(8-6-16)15(4)20-22-19(23-24-20)18-9-10-21-12-14(18)3;1-13(2)12-15-4-6-16(7-5-15)14(3)19-21-18(22-23-19)17-8-10-20-11-9-17;16-14(17,18)10-5-9(6-11(7-10)15(19,20)21)13-23-12(24-25-13)8-1-3-22-4-2-8;15-11-6-9(5-10(7-11)14(16,17)18)13-20-12(21-22-13)8-1-3-19-4-2-8;1-2-4-10(3-1)9-12-15-13(16-17-12)11-5-7-14-8-6-11/h5-12,21H,3-4H2,1-2H3;5-10,12-13,15H,11H2,1-4H3;4-11,13-14H,12H2,1-3H3;1-7H;1-7H;5-8,10H,1-4,9H2. The van der Waals surface area contributed by atoms with Crippen LogP contribution in [0.5, 0.6) is 11.5 Å². The van der Waals surface area contributed by atoms with E-state index in [4.69, 9.17) is 36.6 Å². The van der Waals surface area contributed by atoms with E-state index < -0.39 is 46.7 Å². The molecule has 12 aromatic heterocycles. The number of hydrogen-bond acceptors (Lipinski definition) is 25. The van der Waals surface area contributed by atoms with Crippen molar-refractivity contribution in [3.8, 4) is 114 Å². The Morgan fingerprint density at radius 1 is 0.394 bits per heavy atom. The summed E-state index contributed by atoms with van der Waals surface area (Å²) < 4.78 is 159. The van der Waals surface area contributed by atoms with Gasteiger partial charge in [-0.25, -0.2) is 0 Å². The first kappa shape index (κ1) is 97.9. The van der Waals surface area contributed by atoms with Crippen LogP contribution in [0.1, 0.15) is 155 Å². The molecule has 6 aromatic carbocycles. The monoisotopic (exact) mass is 1930 g/mol. The van der Waals surface area contributed by atoms with Crippen molar-refractivity contribution in [3.63, 3.8) is 0 Å². The van der Waals surface area contributed by atoms with E-state index in [0.29, 0.717) is 101 Å². The summed E-state index contributed by atoms with van der Waals surface area (Å²) in [6.07, 6.45) is 12.4. The normalized spacial score (nSPS) is 12.6. The maximum Gasteiger partial charge on any atom is 0.416 e. The largest absolute Gasteiger partial charge is 0.490 e. The number of aromatic nitrogens is 18. The lowest BCUT2D eigenvalue weighted by atomic mass is 9.97. The van der Waals surface area contributed by atoms with Gasteiger partial charge in [0, 0.05) is 140 Å². The van der Waals surface area contributed by atoms with Crippen molar-refractivity contribution in [1.82, 2.24) is 90.7 Å². The maximum atomic E-state index is 12.9. The fraction of sp³-hybridized carbons (Fsp3) is 0.257. The highest BCUT2D eigenvalue weighted by Crippen LogP contribution is 2.42. The van der Waals surface area contributed by atoms with Crippen LogP contribution in [0, 0.1) is 24.7 Å². The maximum absolute atomic E-state index is 12.9. The minimum absolute atomic E-state index is 0.0126. The first-order chi connectivity index (χ1) is 66.0. The van der Waals surface area contributed by atoms with Crippen LogP contribution >= 0.6 is 15.9 Å². The molecule has 137 heavy (non-hydrogen) atoms. The van der Waals surface area contributed by atoms with Gasteiger partial charge in [0.2, 0.25) is 52.6 Å². The number of nitrogens with zero attached hydrogens (tertiary/aromatic N) is 17. The molecule has 2 atom stereocenters. The first-order valence-electron chi connectivity index (χ1n) is 43.8. The second-order valence-corrected chi connectivity index (χ2v) is 33.5. The molecule has 0 aliphatic heterocycles. The van der Waals surface area contributed by atoms with E-state index >= 15 is 0 Å². The van der Waals surface area contributed by atoms with E-state index in [1.54, 1.807) is 55.5 Å². The predicted molar refractivity (Wildman–Crippen MR) is 496 cm³/mol. The van der Waals surface area contributed by atoms with Gasteiger partial charge in [0.05, 0.1) is 41.7 Å². The fourth-order valence-corrected chi connectivity index (χ4v) is 15.1. The minimum Gasteiger partial charge on any atom is -0.490 e. The zero-order valence-corrected chi connectivity index (χ0v) is 77.2. The van der Waals surface area contributed by atoms with Crippen LogP contribution in [0.25, 0.3) is 114 Å². The van der Waals surface area contributed by atoms with Crippen LogP contribution < -0.4 is 9.47 Å². The van der Waals surface area contributed by atoms with Gasteiger partial charge in [-0.1, -0.05) is 148 Å². The Hall–Kier alpha value is -15.1. The molecule has 0 saturated heterocycles. The van der Waals surface area contributed by atoms with E-state index in [9.17, 15) is 39.5 Å². The molecule has 12 heterocycles. The van der Waals surface area contributed by atoms with Crippen molar-refractivity contribution in [2.75, 3.05) is 13.2 Å². The number of pyridine rings is 5. The smallest absolute Gasteiger partial charge is 0.416 e. The number of aromatic amines is 1. The van der Waals surface area contributed by atoms with Gasteiger partial charge in [-0.2, -0.15) is 69.4 Å². The number of H-pyrrole nitrogens is 1. The van der Waals surface area contributed by atoms with E-state index in [1.165, 1.54) is 78.5 Å². The number of fused-ring (bicyclic) bond motifs is 1. The molecule has 0 spiro atoms. The summed E-state index contributed by atoms with van der Waals surface area (Å²) in [4.78, 5) is 49.0. The van der Waals surface area contributed by atoms with Crippen LogP contribution in [0.15, 0.2) is 282 Å². The number of benzene rings is 6. The number of aryl methyl sites for hydroxylation is 1. The lowest BCUT2D eigenvalue weighted by Crippen LogP contribution is -2.11. The van der Waals surface area contributed by atoms with Gasteiger partial charge in [0.25, 0.3) is 17.7 Å². The summed E-state index contributed by atoms with van der Waals surface area (Å²) in [5.74, 6) is 8.36. The molecule has 1 saturated carbocycles. The zero-order chi connectivity index (χ0) is 96.8. The third-order valence-corrected chi connectivity index (χ3v) is 22.0. The Bertz CT molecular complexity index is 6840. The third kappa shape index (κ3) is 26.5. The summed E-state index contributed by atoms with van der Waals surface area (Å²) in [6, 6.07) is 51.3. The Labute approximate surface area is 789 Å². The molecule has 0 radical (unpaired) electrons. The molecule has 1 fully saturated rings. The van der Waals surface area contributed by atoms with E-state index in [0.717, 1.165) is 87.5 Å². The number of hydrogen-bond donors (Lipinski definition) is 1. The predicted octanol–water partition coefficient (Wildman–Crippen LogP) is 26.2. The highest BCUT2D eigenvalue weighted by Gasteiger charge is 2.38. The van der Waals surface area contributed by atoms with Crippen LogP contribution in [0.4, 0.5) is 39.5 Å². The second kappa shape index (κ2) is 45.3. The van der Waals surface area contributed by atoms with E-state index in [2.05, 4.69) is 197 Å². The van der Waals surface area contributed by atoms with Crippen LogP contribution in [0.3, 0.4) is 0 Å². The quantitative estimate of drug-likeness (QED) is 0.0581. The number of nitrogens with one attached hydrogen (secondary N) is 1. The zero-order valence-electron chi connectivity index (χ0n) is 75.6. The molecule has 26 nitrogen and oxygen atoms in total.